The summed E-state index contributed by atoms with van der Waals surface area (Å²) >= 11 is 0. The number of carbonyl (C=O) groups excluding carboxylic acids is 1. The van der Waals surface area contributed by atoms with Gasteiger partial charge in [0.05, 0.1) is 12.0 Å². The van der Waals surface area contributed by atoms with E-state index in [1.807, 2.05) is 6.92 Å². The monoisotopic (exact) mass is 237 g/mol. The quantitative estimate of drug-likeness (QED) is 0.790. The first-order valence-corrected chi connectivity index (χ1v) is 5.89. The fourth-order valence-corrected chi connectivity index (χ4v) is 2.50. The Morgan fingerprint density at radius 1 is 1.76 bits per heavy atom. The molecule has 0 saturated heterocycles. The number of rotatable bonds is 3. The summed E-state index contributed by atoms with van der Waals surface area (Å²) in [7, 11) is 1.78. The molecule has 0 radical (unpaired) electrons. The fourth-order valence-electron chi connectivity index (χ4n) is 2.50. The van der Waals surface area contributed by atoms with Gasteiger partial charge in [-0.1, -0.05) is 6.42 Å². The number of amides is 1. The first kappa shape index (κ1) is 12.0. The highest BCUT2D eigenvalue weighted by Crippen LogP contribution is 2.38. The fraction of sp³-hybridized carbons (Fsp3) is 0.727. The van der Waals surface area contributed by atoms with Crippen LogP contribution < -0.4 is 5.73 Å². The molecule has 3 N–H and O–H groups in total. The molecule has 1 saturated carbocycles. The van der Waals surface area contributed by atoms with Gasteiger partial charge in [0, 0.05) is 13.1 Å². The molecule has 0 spiro atoms. The lowest BCUT2D eigenvalue weighted by molar-refractivity contribution is -0.140. The average Bonchev–Trinajstić information content (AvgIpc) is 2.90. The van der Waals surface area contributed by atoms with Crippen molar-refractivity contribution in [3.05, 3.63) is 12.2 Å². The van der Waals surface area contributed by atoms with E-state index in [-0.39, 0.29) is 11.9 Å². The van der Waals surface area contributed by atoms with E-state index in [9.17, 15) is 4.79 Å². The zero-order valence-electron chi connectivity index (χ0n) is 10.3. The van der Waals surface area contributed by atoms with Gasteiger partial charge >= 0.3 is 0 Å². The molecule has 1 heterocycles. The van der Waals surface area contributed by atoms with E-state index in [0.29, 0.717) is 12.4 Å². The zero-order chi connectivity index (χ0) is 12.5. The molecule has 2 atom stereocenters. The smallest absolute Gasteiger partial charge is 0.230 e. The van der Waals surface area contributed by atoms with E-state index in [1.54, 1.807) is 11.9 Å². The lowest BCUT2D eigenvalue weighted by Gasteiger charge is -2.32. The maximum absolute atomic E-state index is 12.4. The van der Waals surface area contributed by atoms with Gasteiger partial charge in [0.2, 0.25) is 5.91 Å². The van der Waals surface area contributed by atoms with Crippen LogP contribution in [-0.4, -0.2) is 39.1 Å². The highest BCUT2D eigenvalue weighted by atomic mass is 16.2. The van der Waals surface area contributed by atoms with Crippen molar-refractivity contribution >= 4 is 5.91 Å². The van der Waals surface area contributed by atoms with Gasteiger partial charge in [-0.05, 0) is 19.8 Å². The summed E-state index contributed by atoms with van der Waals surface area (Å²) in [6, 6.07) is -0.0350. The van der Waals surface area contributed by atoms with Gasteiger partial charge in [0.15, 0.2) is 0 Å². The Balaban J connectivity index is 2.04. The van der Waals surface area contributed by atoms with Crippen molar-refractivity contribution in [3.63, 3.8) is 0 Å². The van der Waals surface area contributed by atoms with Gasteiger partial charge in [-0.3, -0.25) is 9.89 Å². The molecule has 0 bridgehead atoms. The van der Waals surface area contributed by atoms with E-state index in [4.69, 9.17) is 5.73 Å². The van der Waals surface area contributed by atoms with Crippen LogP contribution in [0.25, 0.3) is 0 Å². The van der Waals surface area contributed by atoms with E-state index in [0.717, 1.165) is 19.3 Å². The number of carbonyl (C=O) groups is 1. The lowest BCUT2D eigenvalue weighted by Crippen LogP contribution is -2.47. The Bertz CT molecular complexity index is 391. The van der Waals surface area contributed by atoms with Crippen molar-refractivity contribution in [3.8, 4) is 0 Å². The van der Waals surface area contributed by atoms with Crippen molar-refractivity contribution in [1.29, 1.82) is 0 Å². The zero-order valence-corrected chi connectivity index (χ0v) is 10.3. The molecule has 0 aliphatic heterocycles. The Labute approximate surface area is 101 Å². The maximum atomic E-state index is 12.4. The van der Waals surface area contributed by atoms with Gasteiger partial charge in [-0.2, -0.15) is 5.10 Å². The molecule has 1 aromatic rings. The standard InChI is InChI=1S/C11H19N5O/c1-11(5-3-4-8(11)12)10(17)16(2)6-9-13-7-14-15-9/h7-8H,3-6,12H2,1-2H3,(H,13,14,15). The molecule has 0 aromatic carbocycles. The van der Waals surface area contributed by atoms with Crippen molar-refractivity contribution in [2.24, 2.45) is 11.1 Å². The number of nitrogens with one attached hydrogen (secondary N) is 1. The van der Waals surface area contributed by atoms with Crippen molar-refractivity contribution in [2.75, 3.05) is 7.05 Å². The molecule has 2 unspecified atom stereocenters. The minimum absolute atomic E-state index is 0.0350. The lowest BCUT2D eigenvalue weighted by atomic mass is 9.83. The molecule has 17 heavy (non-hydrogen) atoms. The summed E-state index contributed by atoms with van der Waals surface area (Å²) in [5.41, 5.74) is 5.62. The Morgan fingerprint density at radius 2 is 2.53 bits per heavy atom. The minimum Gasteiger partial charge on any atom is -0.338 e. The Kier molecular flexibility index (Phi) is 3.15. The molecule has 1 fully saturated rings. The van der Waals surface area contributed by atoms with E-state index >= 15 is 0 Å². The number of hydrogen-bond acceptors (Lipinski definition) is 4. The third-order valence-corrected chi connectivity index (χ3v) is 3.72. The minimum atomic E-state index is -0.422. The van der Waals surface area contributed by atoms with Crippen LogP contribution in [0.5, 0.6) is 0 Å². The number of aromatic amines is 1. The second-order valence-electron chi connectivity index (χ2n) is 5.01. The third-order valence-electron chi connectivity index (χ3n) is 3.72. The van der Waals surface area contributed by atoms with Crippen molar-refractivity contribution in [1.82, 2.24) is 20.1 Å². The summed E-state index contributed by atoms with van der Waals surface area (Å²) < 4.78 is 0. The van der Waals surface area contributed by atoms with Crippen LogP contribution >= 0.6 is 0 Å². The van der Waals surface area contributed by atoms with Gasteiger partial charge < -0.3 is 10.6 Å². The van der Waals surface area contributed by atoms with Crippen molar-refractivity contribution in [2.45, 2.75) is 38.8 Å². The number of H-pyrrole nitrogens is 1. The maximum Gasteiger partial charge on any atom is 0.230 e. The molecule has 1 aliphatic carbocycles. The first-order valence-electron chi connectivity index (χ1n) is 5.89. The van der Waals surface area contributed by atoms with Crippen LogP contribution in [-0.2, 0) is 11.3 Å². The molecule has 6 nitrogen and oxygen atoms in total. The van der Waals surface area contributed by atoms with E-state index < -0.39 is 5.41 Å². The van der Waals surface area contributed by atoms with Crippen molar-refractivity contribution < 1.29 is 4.79 Å². The Morgan fingerprint density at radius 3 is 3.06 bits per heavy atom. The summed E-state index contributed by atoms with van der Waals surface area (Å²) in [6.45, 7) is 2.41. The van der Waals surface area contributed by atoms with Gasteiger partial charge in [0.25, 0.3) is 0 Å². The first-order chi connectivity index (χ1) is 8.04. The third kappa shape index (κ3) is 2.17. The van der Waals surface area contributed by atoms with Gasteiger partial charge in [0.1, 0.15) is 12.2 Å². The summed E-state index contributed by atoms with van der Waals surface area (Å²) in [5, 5.41) is 6.52. The second kappa shape index (κ2) is 4.44. The van der Waals surface area contributed by atoms with E-state index in [1.165, 1.54) is 6.33 Å². The SMILES string of the molecule is CN(Cc1ncn[nH]1)C(=O)C1(C)CCCC1N. The van der Waals surface area contributed by atoms with Crippen LogP contribution in [0, 0.1) is 5.41 Å². The van der Waals surface area contributed by atoms with Gasteiger partial charge in [-0.25, -0.2) is 4.98 Å². The molecule has 1 amide bonds. The molecule has 94 valence electrons. The van der Waals surface area contributed by atoms with Crippen LogP contribution in [0.2, 0.25) is 0 Å². The number of hydrogen-bond donors (Lipinski definition) is 2. The molecular formula is C11H19N5O. The summed E-state index contributed by atoms with van der Waals surface area (Å²) in [6.07, 6.45) is 4.27. The number of aromatic nitrogens is 3. The number of nitrogens with zero attached hydrogens (tertiary/aromatic N) is 3. The highest BCUT2D eigenvalue weighted by molar-refractivity contribution is 5.83. The summed E-state index contributed by atoms with van der Waals surface area (Å²) in [4.78, 5) is 18.1. The summed E-state index contributed by atoms with van der Waals surface area (Å²) in [5.74, 6) is 0.787. The van der Waals surface area contributed by atoms with Gasteiger partial charge in [-0.15, -0.1) is 0 Å². The average molecular weight is 237 g/mol. The van der Waals surface area contributed by atoms with E-state index in [2.05, 4.69) is 15.2 Å². The predicted octanol–water partition coefficient (Wildman–Crippen LogP) is 0.281. The van der Waals surface area contributed by atoms with Crippen LogP contribution in [0.3, 0.4) is 0 Å². The van der Waals surface area contributed by atoms with Crippen LogP contribution in [0.4, 0.5) is 0 Å². The predicted molar refractivity (Wildman–Crippen MR) is 62.8 cm³/mol. The Hall–Kier alpha value is -1.43. The topological polar surface area (TPSA) is 87.9 Å². The second-order valence-corrected chi connectivity index (χ2v) is 5.01. The van der Waals surface area contributed by atoms with Crippen LogP contribution in [0.1, 0.15) is 32.0 Å². The highest BCUT2D eigenvalue weighted by Gasteiger charge is 2.44. The molecular weight excluding hydrogens is 218 g/mol. The molecule has 2 rings (SSSR count). The number of nitrogens with two attached hydrogens (primary N) is 1. The van der Waals surface area contributed by atoms with Crippen LogP contribution in [0.15, 0.2) is 6.33 Å². The normalized spacial score (nSPS) is 28.3. The largest absolute Gasteiger partial charge is 0.338 e. The molecule has 6 heteroatoms. The molecule has 1 aliphatic rings. The molecule has 1 aromatic heterocycles.